The Morgan fingerprint density at radius 1 is 1.18 bits per heavy atom. The maximum absolute atomic E-state index is 11.7. The average molecular weight is 256 g/mol. The van der Waals surface area contributed by atoms with Gasteiger partial charge in [0, 0.05) is 31.6 Å². The molecule has 0 aromatic heterocycles. The summed E-state index contributed by atoms with van der Waals surface area (Å²) in [6.45, 7) is 9.96. The minimum Gasteiger partial charge on any atom is -0.298 e. The maximum Gasteiger partial charge on any atom is 0.192 e. The van der Waals surface area contributed by atoms with Crippen LogP contribution in [0.15, 0.2) is 0 Å². The monoisotopic (exact) mass is 256 g/mol. The number of hydrogen-bond donors (Lipinski definition) is 0. The van der Waals surface area contributed by atoms with E-state index < -0.39 is 0 Å². The van der Waals surface area contributed by atoms with Gasteiger partial charge in [-0.15, -0.1) is 0 Å². The lowest BCUT2D eigenvalue weighted by Gasteiger charge is -2.51. The van der Waals surface area contributed by atoms with Gasteiger partial charge < -0.3 is 0 Å². The van der Waals surface area contributed by atoms with Gasteiger partial charge >= 0.3 is 0 Å². The highest BCUT2D eigenvalue weighted by atomic mass is 32.2. The van der Waals surface area contributed by atoms with E-state index in [1.807, 2.05) is 0 Å². The van der Waals surface area contributed by atoms with Crippen LogP contribution in [0.1, 0.15) is 40.0 Å². The van der Waals surface area contributed by atoms with Crippen molar-refractivity contribution in [3.63, 3.8) is 0 Å². The molecule has 0 amide bonds. The Labute approximate surface area is 109 Å². The molecule has 0 N–H and O–H groups in total. The molecule has 0 aliphatic carbocycles. The van der Waals surface area contributed by atoms with Crippen LogP contribution in [0.3, 0.4) is 0 Å². The Bertz CT molecular complexity index is 303. The van der Waals surface area contributed by atoms with Crippen LogP contribution in [0, 0.1) is 0 Å². The Kier molecular flexibility index (Phi) is 3.59. The molecule has 98 valence electrons. The highest BCUT2D eigenvalue weighted by Gasteiger charge is 2.44. The second kappa shape index (κ2) is 4.56. The van der Waals surface area contributed by atoms with Crippen molar-refractivity contribution in [1.82, 2.24) is 9.80 Å². The third kappa shape index (κ3) is 2.69. The normalized spacial score (nSPS) is 27.6. The van der Waals surface area contributed by atoms with Gasteiger partial charge in [0.1, 0.15) is 0 Å². The van der Waals surface area contributed by atoms with Crippen LogP contribution in [0.2, 0.25) is 0 Å². The van der Waals surface area contributed by atoms with Gasteiger partial charge in [0.05, 0.1) is 4.87 Å². The number of likely N-dealkylation sites (tertiary alicyclic amines) is 1. The number of piperidine rings is 1. The zero-order valence-electron chi connectivity index (χ0n) is 11.5. The first-order valence-corrected chi connectivity index (χ1v) is 7.33. The summed E-state index contributed by atoms with van der Waals surface area (Å²) in [5, 5.41) is 0.382. The molecule has 0 aromatic carbocycles. The van der Waals surface area contributed by atoms with E-state index in [4.69, 9.17) is 0 Å². The van der Waals surface area contributed by atoms with Crippen molar-refractivity contribution in [3.8, 4) is 0 Å². The molecule has 3 nitrogen and oxygen atoms in total. The van der Waals surface area contributed by atoms with E-state index in [9.17, 15) is 4.79 Å². The molecule has 0 aromatic rings. The second-order valence-corrected chi connectivity index (χ2v) is 7.67. The van der Waals surface area contributed by atoms with Crippen molar-refractivity contribution in [2.24, 2.45) is 0 Å². The summed E-state index contributed by atoms with van der Waals surface area (Å²) in [5.41, 5.74) is 0.253. The molecule has 17 heavy (non-hydrogen) atoms. The predicted octanol–water partition coefficient (Wildman–Crippen LogP) is 2.17. The van der Waals surface area contributed by atoms with E-state index in [2.05, 4.69) is 37.6 Å². The van der Waals surface area contributed by atoms with Crippen molar-refractivity contribution >= 4 is 16.9 Å². The molecule has 0 saturated carbocycles. The Morgan fingerprint density at radius 3 is 2.29 bits per heavy atom. The molecule has 2 rings (SSSR count). The third-order valence-corrected chi connectivity index (χ3v) is 5.68. The van der Waals surface area contributed by atoms with Gasteiger partial charge in [-0.1, -0.05) is 11.8 Å². The first-order chi connectivity index (χ1) is 7.83. The van der Waals surface area contributed by atoms with Crippen LogP contribution in [0.5, 0.6) is 0 Å². The fraction of sp³-hybridized carbons (Fsp3) is 0.923. The lowest BCUT2D eigenvalue weighted by molar-refractivity contribution is -0.112. The van der Waals surface area contributed by atoms with Gasteiger partial charge in [0.2, 0.25) is 0 Å². The van der Waals surface area contributed by atoms with Crippen LogP contribution >= 0.6 is 11.8 Å². The number of carbonyl (C=O) groups is 1. The Morgan fingerprint density at radius 2 is 1.76 bits per heavy atom. The molecule has 2 heterocycles. The molecule has 0 radical (unpaired) electrons. The van der Waals surface area contributed by atoms with E-state index in [0.717, 1.165) is 32.5 Å². The van der Waals surface area contributed by atoms with E-state index in [1.165, 1.54) is 0 Å². The zero-order valence-corrected chi connectivity index (χ0v) is 12.3. The fourth-order valence-corrected chi connectivity index (χ4v) is 4.07. The Balaban J connectivity index is 2.03. The topological polar surface area (TPSA) is 23.6 Å². The lowest BCUT2D eigenvalue weighted by Crippen LogP contribution is -2.57. The lowest BCUT2D eigenvalue weighted by atomic mass is 9.96. The van der Waals surface area contributed by atoms with Crippen molar-refractivity contribution < 1.29 is 4.79 Å². The van der Waals surface area contributed by atoms with Crippen LogP contribution in [0.4, 0.5) is 0 Å². The van der Waals surface area contributed by atoms with Gasteiger partial charge in [-0.2, -0.15) is 0 Å². The summed E-state index contributed by atoms with van der Waals surface area (Å²) in [6, 6.07) is 0. The van der Waals surface area contributed by atoms with Gasteiger partial charge in [-0.05, 0) is 40.7 Å². The van der Waals surface area contributed by atoms with Crippen molar-refractivity contribution in [2.45, 2.75) is 50.4 Å². The van der Waals surface area contributed by atoms with Crippen molar-refractivity contribution in [2.75, 3.05) is 26.7 Å². The van der Waals surface area contributed by atoms with Crippen LogP contribution in [0.25, 0.3) is 0 Å². The second-order valence-electron chi connectivity index (χ2n) is 6.25. The average Bonchev–Trinajstić information content (AvgIpc) is 2.23. The molecule has 1 spiro atoms. The van der Waals surface area contributed by atoms with E-state index in [1.54, 1.807) is 11.8 Å². The number of thioether (sulfide) groups is 1. The summed E-state index contributed by atoms with van der Waals surface area (Å²) in [6.07, 6.45) is 2.93. The molecule has 2 fully saturated rings. The summed E-state index contributed by atoms with van der Waals surface area (Å²) in [5.74, 6) is 0. The SMILES string of the molecule is CN1CCC(=O)SC12CCN(C(C)(C)C)CC2. The van der Waals surface area contributed by atoms with E-state index in [0.29, 0.717) is 11.5 Å². The first-order valence-electron chi connectivity index (χ1n) is 6.52. The molecule has 2 aliphatic heterocycles. The van der Waals surface area contributed by atoms with E-state index >= 15 is 0 Å². The highest BCUT2D eigenvalue weighted by Crippen LogP contribution is 2.43. The minimum absolute atomic E-state index is 0.0943. The minimum atomic E-state index is 0.0943. The predicted molar refractivity (Wildman–Crippen MR) is 73.1 cm³/mol. The number of rotatable bonds is 0. The molecular formula is C13H24N2OS. The van der Waals surface area contributed by atoms with Gasteiger partial charge in [-0.3, -0.25) is 14.6 Å². The standard InChI is InChI=1S/C13H24N2OS/c1-12(2,3)15-9-6-13(7-10-15)14(4)8-5-11(16)17-13/h5-10H2,1-4H3. The van der Waals surface area contributed by atoms with Gasteiger partial charge in [0.15, 0.2) is 5.12 Å². The summed E-state index contributed by atoms with van der Waals surface area (Å²) in [7, 11) is 2.17. The van der Waals surface area contributed by atoms with Crippen LogP contribution in [-0.4, -0.2) is 52.0 Å². The van der Waals surface area contributed by atoms with E-state index in [-0.39, 0.29) is 10.4 Å². The summed E-state index contributed by atoms with van der Waals surface area (Å²) < 4.78 is 0. The molecule has 2 aliphatic rings. The quantitative estimate of drug-likeness (QED) is 0.663. The fourth-order valence-electron chi connectivity index (χ4n) is 2.81. The molecule has 2 saturated heterocycles. The van der Waals surface area contributed by atoms with Gasteiger partial charge in [-0.25, -0.2) is 0 Å². The number of hydrogen-bond acceptors (Lipinski definition) is 4. The smallest absolute Gasteiger partial charge is 0.192 e. The molecule has 0 bridgehead atoms. The molecule has 0 atom stereocenters. The zero-order chi connectivity index (χ0) is 12.7. The van der Waals surface area contributed by atoms with Crippen molar-refractivity contribution in [1.29, 1.82) is 0 Å². The number of nitrogens with zero attached hydrogens (tertiary/aromatic N) is 2. The summed E-state index contributed by atoms with van der Waals surface area (Å²) >= 11 is 1.59. The number of carbonyl (C=O) groups excluding carboxylic acids is 1. The van der Waals surface area contributed by atoms with Gasteiger partial charge in [0.25, 0.3) is 0 Å². The Hall–Kier alpha value is -0.0600. The highest BCUT2D eigenvalue weighted by molar-refractivity contribution is 8.14. The molecular weight excluding hydrogens is 232 g/mol. The summed E-state index contributed by atoms with van der Waals surface area (Å²) in [4.78, 5) is 16.7. The largest absolute Gasteiger partial charge is 0.298 e. The maximum atomic E-state index is 11.7. The van der Waals surface area contributed by atoms with Crippen molar-refractivity contribution in [3.05, 3.63) is 0 Å². The molecule has 4 heteroatoms. The van der Waals surface area contributed by atoms with Crippen LogP contribution in [-0.2, 0) is 4.79 Å². The third-order valence-electron chi connectivity index (χ3n) is 4.14. The first kappa shape index (κ1) is 13.4. The van der Waals surface area contributed by atoms with Crippen LogP contribution < -0.4 is 0 Å². The molecule has 0 unspecified atom stereocenters.